The van der Waals surface area contributed by atoms with Gasteiger partial charge in [0.25, 0.3) is 0 Å². The minimum Gasteiger partial charge on any atom is -0.481 e. The summed E-state index contributed by atoms with van der Waals surface area (Å²) in [7, 11) is -1.88. The molecule has 0 bridgehead atoms. The topological polar surface area (TPSA) is 87.1 Å². The van der Waals surface area contributed by atoms with E-state index in [2.05, 4.69) is 33.9 Å². The molecule has 0 spiro atoms. The van der Waals surface area contributed by atoms with Crippen molar-refractivity contribution in [2.24, 2.45) is 17.8 Å². The number of carboxylic acid groups (broad SMARTS) is 2. The Morgan fingerprint density at radius 3 is 2.23 bits per heavy atom. The van der Waals surface area contributed by atoms with Gasteiger partial charge in [-0.25, -0.2) is 4.79 Å². The summed E-state index contributed by atoms with van der Waals surface area (Å²) >= 11 is 0. The smallest absolute Gasteiger partial charge is 0.407 e. The van der Waals surface area contributed by atoms with Gasteiger partial charge in [0.05, 0.1) is 5.92 Å². The van der Waals surface area contributed by atoms with Gasteiger partial charge in [-0.05, 0) is 30.0 Å². The number of likely N-dealkylation sites (tertiary alicyclic amines) is 1. The zero-order valence-corrected chi connectivity index (χ0v) is 15.4. The van der Waals surface area contributed by atoms with Crippen molar-refractivity contribution >= 4 is 20.4 Å². The second-order valence-corrected chi connectivity index (χ2v) is 12.7. The number of nitrogens with zero attached hydrogens (tertiary/aromatic N) is 1. The third-order valence-corrected chi connectivity index (χ3v) is 9.70. The van der Waals surface area contributed by atoms with Crippen molar-refractivity contribution in [3.05, 3.63) is 0 Å². The molecule has 22 heavy (non-hydrogen) atoms. The predicted octanol–water partition coefficient (Wildman–Crippen LogP) is 2.95. The minimum absolute atomic E-state index is 0.0135. The van der Waals surface area contributed by atoms with Crippen LogP contribution in [0, 0.1) is 17.8 Å². The van der Waals surface area contributed by atoms with E-state index in [1.54, 1.807) is 0 Å². The molecule has 0 saturated carbocycles. The first-order chi connectivity index (χ1) is 9.86. The number of hydrogen-bond acceptors (Lipinski definition) is 3. The van der Waals surface area contributed by atoms with E-state index in [0.29, 0.717) is 6.61 Å². The molecule has 1 fully saturated rings. The van der Waals surface area contributed by atoms with Crippen molar-refractivity contribution in [3.63, 3.8) is 0 Å². The first-order valence-electron chi connectivity index (χ1n) is 7.71. The summed E-state index contributed by atoms with van der Waals surface area (Å²) in [6.07, 6.45) is -1.05. The van der Waals surface area contributed by atoms with Crippen LogP contribution in [0.4, 0.5) is 4.79 Å². The van der Waals surface area contributed by atoms with E-state index in [0.717, 1.165) is 0 Å². The van der Waals surface area contributed by atoms with E-state index in [1.807, 2.05) is 6.92 Å². The second-order valence-electron chi connectivity index (χ2n) is 7.84. The highest BCUT2D eigenvalue weighted by atomic mass is 28.4. The maximum atomic E-state index is 11.4. The summed E-state index contributed by atoms with van der Waals surface area (Å²) in [6, 6.07) is 0. The van der Waals surface area contributed by atoms with Crippen LogP contribution >= 0.6 is 0 Å². The van der Waals surface area contributed by atoms with Gasteiger partial charge in [-0.2, -0.15) is 0 Å². The summed E-state index contributed by atoms with van der Waals surface area (Å²) in [5.41, 5.74) is 0. The van der Waals surface area contributed by atoms with Crippen LogP contribution in [-0.4, -0.2) is 55.2 Å². The van der Waals surface area contributed by atoms with Crippen LogP contribution in [0.3, 0.4) is 0 Å². The van der Waals surface area contributed by atoms with Gasteiger partial charge in [-0.15, -0.1) is 0 Å². The van der Waals surface area contributed by atoms with E-state index < -0.39 is 26.3 Å². The highest BCUT2D eigenvalue weighted by molar-refractivity contribution is 6.74. The van der Waals surface area contributed by atoms with Gasteiger partial charge in [-0.3, -0.25) is 4.79 Å². The quantitative estimate of drug-likeness (QED) is 0.756. The first kappa shape index (κ1) is 19.0. The average molecular weight is 331 g/mol. The maximum absolute atomic E-state index is 11.4. The first-order valence-corrected chi connectivity index (χ1v) is 10.6. The number of carbonyl (C=O) groups is 2. The molecule has 0 aromatic carbocycles. The van der Waals surface area contributed by atoms with Crippen molar-refractivity contribution in [2.75, 3.05) is 19.7 Å². The largest absolute Gasteiger partial charge is 0.481 e. The molecule has 0 aliphatic carbocycles. The van der Waals surface area contributed by atoms with Gasteiger partial charge in [0, 0.05) is 19.7 Å². The molecule has 0 aromatic rings. The Hall–Kier alpha value is -1.08. The molecule has 1 amide bonds. The van der Waals surface area contributed by atoms with Gasteiger partial charge < -0.3 is 19.5 Å². The van der Waals surface area contributed by atoms with Crippen LogP contribution < -0.4 is 0 Å². The van der Waals surface area contributed by atoms with Crippen LogP contribution in [0.2, 0.25) is 18.1 Å². The normalized spacial score (nSPS) is 24.4. The number of amides is 1. The minimum atomic E-state index is -1.88. The molecule has 1 heterocycles. The Morgan fingerprint density at radius 2 is 1.82 bits per heavy atom. The molecule has 7 heteroatoms. The molecule has 1 saturated heterocycles. The summed E-state index contributed by atoms with van der Waals surface area (Å²) in [4.78, 5) is 23.7. The van der Waals surface area contributed by atoms with Crippen LogP contribution in [0.25, 0.3) is 0 Å². The molecule has 0 radical (unpaired) electrons. The van der Waals surface area contributed by atoms with E-state index >= 15 is 0 Å². The molecule has 2 unspecified atom stereocenters. The van der Waals surface area contributed by atoms with Crippen LogP contribution in [-0.2, 0) is 9.22 Å². The second kappa shape index (κ2) is 6.58. The average Bonchev–Trinajstić information content (AvgIpc) is 2.79. The molecule has 3 atom stereocenters. The van der Waals surface area contributed by atoms with Gasteiger partial charge >= 0.3 is 12.1 Å². The molecular formula is C15H29NO5Si. The van der Waals surface area contributed by atoms with Crippen molar-refractivity contribution in [3.8, 4) is 0 Å². The molecule has 128 valence electrons. The lowest BCUT2D eigenvalue weighted by molar-refractivity contribution is -0.143. The summed E-state index contributed by atoms with van der Waals surface area (Å²) in [6.45, 7) is 13.6. The maximum Gasteiger partial charge on any atom is 0.407 e. The summed E-state index contributed by atoms with van der Waals surface area (Å²) in [5, 5.41) is 18.5. The van der Waals surface area contributed by atoms with Gasteiger partial charge in [0.15, 0.2) is 8.32 Å². The SMILES string of the molecule is C[C@H](CO[Si](C)(C)C(C)(C)C)C1CN(C(=O)O)CC1C(=O)O. The van der Waals surface area contributed by atoms with Gasteiger partial charge in [0.1, 0.15) is 0 Å². The summed E-state index contributed by atoms with van der Waals surface area (Å²) in [5.74, 6) is -1.75. The molecule has 1 aliphatic heterocycles. The van der Waals surface area contributed by atoms with Crippen LogP contribution in [0.5, 0.6) is 0 Å². The molecule has 2 N–H and O–H groups in total. The monoisotopic (exact) mass is 331 g/mol. The Kier molecular flexibility index (Phi) is 5.67. The highest BCUT2D eigenvalue weighted by Crippen LogP contribution is 2.38. The zero-order valence-electron chi connectivity index (χ0n) is 14.4. The van der Waals surface area contributed by atoms with Crippen molar-refractivity contribution < 1.29 is 24.2 Å². The molecular weight excluding hydrogens is 302 g/mol. The number of carboxylic acids is 1. The lowest BCUT2D eigenvalue weighted by Crippen LogP contribution is -2.43. The molecule has 1 rings (SSSR count). The van der Waals surface area contributed by atoms with Crippen LogP contribution in [0.15, 0.2) is 0 Å². The van der Waals surface area contributed by atoms with Gasteiger partial charge in [0.2, 0.25) is 0 Å². The van der Waals surface area contributed by atoms with E-state index in [4.69, 9.17) is 9.53 Å². The third kappa shape index (κ3) is 4.22. The number of rotatable bonds is 5. The lowest BCUT2D eigenvalue weighted by Gasteiger charge is -2.37. The van der Waals surface area contributed by atoms with Crippen molar-refractivity contribution in [1.29, 1.82) is 0 Å². The molecule has 0 aromatic heterocycles. The van der Waals surface area contributed by atoms with E-state index in [9.17, 15) is 14.7 Å². The molecule has 6 nitrogen and oxygen atoms in total. The Morgan fingerprint density at radius 1 is 1.27 bits per heavy atom. The van der Waals surface area contributed by atoms with Crippen molar-refractivity contribution in [1.82, 2.24) is 4.90 Å². The fourth-order valence-corrected chi connectivity index (χ4v) is 3.62. The Labute approximate surface area is 133 Å². The predicted molar refractivity (Wildman–Crippen MR) is 86.5 cm³/mol. The fourth-order valence-electron chi connectivity index (χ4n) is 2.50. The molecule has 1 aliphatic rings. The number of aliphatic carboxylic acids is 1. The van der Waals surface area contributed by atoms with Gasteiger partial charge in [-0.1, -0.05) is 27.7 Å². The summed E-state index contributed by atoms with van der Waals surface area (Å²) < 4.78 is 6.17. The van der Waals surface area contributed by atoms with E-state index in [1.165, 1.54) is 4.90 Å². The van der Waals surface area contributed by atoms with E-state index in [-0.39, 0.29) is 30.0 Å². The standard InChI is InChI=1S/C15H29NO5Si/c1-10(9-21-22(5,6)15(2,3)4)11-7-16(14(19)20)8-12(11)13(17)18/h10-12H,7-9H2,1-6H3,(H,17,18)(H,19,20)/t10-,11?,12?/m1/s1. The number of hydrogen-bond donors (Lipinski definition) is 2. The zero-order chi connectivity index (χ0) is 17.3. The van der Waals surface area contributed by atoms with Crippen LogP contribution in [0.1, 0.15) is 27.7 Å². The van der Waals surface area contributed by atoms with Crippen molar-refractivity contribution in [2.45, 2.75) is 45.8 Å². The lowest BCUT2D eigenvalue weighted by atomic mass is 9.85. The Balaban J connectivity index is 2.73. The highest BCUT2D eigenvalue weighted by Gasteiger charge is 2.43. The Bertz CT molecular complexity index is 432. The fraction of sp³-hybridized carbons (Fsp3) is 0.867. The third-order valence-electron chi connectivity index (χ3n) is 5.20.